The predicted molar refractivity (Wildman–Crippen MR) is 99.9 cm³/mol. The summed E-state index contributed by atoms with van der Waals surface area (Å²) in [6.45, 7) is 7.19. The summed E-state index contributed by atoms with van der Waals surface area (Å²) in [4.78, 5) is 7.39. The monoisotopic (exact) mass is 394 g/mol. The summed E-state index contributed by atoms with van der Waals surface area (Å²) in [6, 6.07) is 4.99. The lowest BCUT2D eigenvalue weighted by Gasteiger charge is -2.10. The van der Waals surface area contributed by atoms with Gasteiger partial charge in [0, 0.05) is 22.8 Å². The van der Waals surface area contributed by atoms with Crippen molar-refractivity contribution < 1.29 is 12.9 Å². The van der Waals surface area contributed by atoms with Crippen molar-refractivity contribution in [2.45, 2.75) is 39.0 Å². The molecule has 2 N–H and O–H groups in total. The summed E-state index contributed by atoms with van der Waals surface area (Å²) in [5.41, 5.74) is 2.74. The number of H-pyrrole nitrogens is 1. The third kappa shape index (κ3) is 3.34. The molecule has 0 unspecified atom stereocenters. The van der Waals surface area contributed by atoms with Crippen LogP contribution in [0.5, 0.6) is 0 Å². The Labute approximate surface area is 156 Å². The van der Waals surface area contributed by atoms with Crippen molar-refractivity contribution in [3.05, 3.63) is 46.0 Å². The molecule has 0 spiro atoms. The van der Waals surface area contributed by atoms with E-state index in [1.54, 1.807) is 32.0 Å². The molecule has 0 radical (unpaired) electrons. The Morgan fingerprint density at radius 1 is 1.23 bits per heavy atom. The summed E-state index contributed by atoms with van der Waals surface area (Å²) in [6.07, 6.45) is 0.591. The molecule has 26 heavy (non-hydrogen) atoms. The quantitative estimate of drug-likeness (QED) is 0.680. The van der Waals surface area contributed by atoms with Gasteiger partial charge in [0.2, 0.25) is 0 Å². The standard InChI is InChI=1S/C17H19ClN4O3S/c1-5-14-20-17(25-21-14)15-10(3)19-11(4)16(15)26(23,24)22-12-7-6-9(2)13(18)8-12/h6-8,19,22H,5H2,1-4H3. The topological polar surface area (TPSA) is 101 Å². The highest BCUT2D eigenvalue weighted by Gasteiger charge is 2.29. The molecular weight excluding hydrogens is 376 g/mol. The van der Waals surface area contributed by atoms with Gasteiger partial charge in [-0.25, -0.2) is 8.42 Å². The maximum atomic E-state index is 13.0. The molecule has 7 nitrogen and oxygen atoms in total. The van der Waals surface area contributed by atoms with Crippen LogP contribution < -0.4 is 4.72 Å². The van der Waals surface area contributed by atoms with Crippen LogP contribution in [0.2, 0.25) is 5.02 Å². The Balaban J connectivity index is 2.08. The minimum atomic E-state index is -3.90. The van der Waals surface area contributed by atoms with Crippen LogP contribution in [-0.4, -0.2) is 23.5 Å². The molecule has 0 aliphatic rings. The second-order valence-electron chi connectivity index (χ2n) is 6.02. The highest BCUT2D eigenvalue weighted by molar-refractivity contribution is 7.93. The zero-order chi connectivity index (χ0) is 19.1. The normalized spacial score (nSPS) is 11.7. The molecule has 0 amide bonds. The molecule has 1 aromatic carbocycles. The van der Waals surface area contributed by atoms with Crippen molar-refractivity contribution in [2.24, 2.45) is 0 Å². The average molecular weight is 395 g/mol. The Kier molecular flexibility index (Phi) is 4.81. The molecule has 0 saturated carbocycles. The van der Waals surface area contributed by atoms with Gasteiger partial charge >= 0.3 is 0 Å². The van der Waals surface area contributed by atoms with Crippen LogP contribution in [0.1, 0.15) is 29.7 Å². The zero-order valence-corrected chi connectivity index (χ0v) is 16.4. The van der Waals surface area contributed by atoms with Gasteiger partial charge in [-0.1, -0.05) is 29.7 Å². The van der Waals surface area contributed by atoms with Gasteiger partial charge in [0.1, 0.15) is 4.90 Å². The Morgan fingerprint density at radius 2 is 1.96 bits per heavy atom. The molecule has 0 fully saturated rings. The number of nitrogens with zero attached hydrogens (tertiary/aromatic N) is 2. The molecule has 0 aliphatic heterocycles. The van der Waals surface area contributed by atoms with E-state index in [1.165, 1.54) is 0 Å². The van der Waals surface area contributed by atoms with Gasteiger partial charge in [-0.15, -0.1) is 0 Å². The predicted octanol–water partition coefficient (Wildman–Crippen LogP) is 4.01. The van der Waals surface area contributed by atoms with Gasteiger partial charge in [0.15, 0.2) is 5.82 Å². The fourth-order valence-electron chi connectivity index (χ4n) is 2.71. The smallest absolute Gasteiger partial charge is 0.264 e. The number of benzene rings is 1. The first-order valence-electron chi connectivity index (χ1n) is 8.04. The maximum Gasteiger partial charge on any atom is 0.264 e. The number of hydrogen-bond donors (Lipinski definition) is 2. The molecular formula is C17H19ClN4O3S. The van der Waals surface area contributed by atoms with Crippen molar-refractivity contribution in [3.63, 3.8) is 0 Å². The molecule has 138 valence electrons. The van der Waals surface area contributed by atoms with Crippen molar-refractivity contribution in [2.75, 3.05) is 4.72 Å². The summed E-state index contributed by atoms with van der Waals surface area (Å²) >= 11 is 6.10. The molecule has 9 heteroatoms. The minimum Gasteiger partial charge on any atom is -0.361 e. The van der Waals surface area contributed by atoms with E-state index in [4.69, 9.17) is 16.1 Å². The van der Waals surface area contributed by atoms with Gasteiger partial charge < -0.3 is 9.51 Å². The number of anilines is 1. The Morgan fingerprint density at radius 3 is 2.58 bits per heavy atom. The largest absolute Gasteiger partial charge is 0.361 e. The number of aromatic nitrogens is 3. The molecule has 0 aliphatic carbocycles. The van der Waals surface area contributed by atoms with Crippen LogP contribution in [0, 0.1) is 20.8 Å². The number of aromatic amines is 1. The lowest BCUT2D eigenvalue weighted by molar-refractivity contribution is 0.422. The van der Waals surface area contributed by atoms with E-state index in [2.05, 4.69) is 19.8 Å². The number of nitrogens with one attached hydrogen (secondary N) is 2. The van der Waals surface area contributed by atoms with Crippen LogP contribution in [0.15, 0.2) is 27.6 Å². The van der Waals surface area contributed by atoms with Crippen molar-refractivity contribution >= 4 is 27.3 Å². The summed E-state index contributed by atoms with van der Waals surface area (Å²) < 4.78 is 33.9. The highest BCUT2D eigenvalue weighted by Crippen LogP contribution is 2.34. The Bertz CT molecular complexity index is 1070. The first-order valence-corrected chi connectivity index (χ1v) is 9.90. The van der Waals surface area contributed by atoms with Gasteiger partial charge in [-0.05, 0) is 38.5 Å². The van der Waals surface area contributed by atoms with Gasteiger partial charge in [-0.2, -0.15) is 4.98 Å². The summed E-state index contributed by atoms with van der Waals surface area (Å²) in [5, 5.41) is 4.34. The fourth-order valence-corrected chi connectivity index (χ4v) is 4.40. The molecule has 2 heterocycles. The molecule has 2 aromatic heterocycles. The maximum absolute atomic E-state index is 13.0. The van der Waals surface area contributed by atoms with Crippen LogP contribution in [0.4, 0.5) is 5.69 Å². The highest BCUT2D eigenvalue weighted by atomic mass is 35.5. The van der Waals surface area contributed by atoms with E-state index in [-0.39, 0.29) is 10.8 Å². The molecule has 3 aromatic rings. The second-order valence-corrected chi connectivity index (χ2v) is 8.04. The van der Waals surface area contributed by atoms with Crippen LogP contribution in [-0.2, 0) is 16.4 Å². The van der Waals surface area contributed by atoms with Crippen LogP contribution in [0.25, 0.3) is 11.5 Å². The van der Waals surface area contributed by atoms with E-state index in [0.29, 0.717) is 39.9 Å². The zero-order valence-electron chi connectivity index (χ0n) is 14.8. The van der Waals surface area contributed by atoms with Gasteiger partial charge in [0.05, 0.1) is 11.3 Å². The molecule has 0 saturated heterocycles. The van der Waals surface area contributed by atoms with Crippen LogP contribution >= 0.6 is 11.6 Å². The minimum absolute atomic E-state index is 0.0815. The van der Waals surface area contributed by atoms with Gasteiger partial charge in [0.25, 0.3) is 15.9 Å². The third-order valence-corrected chi connectivity index (χ3v) is 5.97. The van der Waals surface area contributed by atoms with Crippen molar-refractivity contribution in [3.8, 4) is 11.5 Å². The lowest BCUT2D eigenvalue weighted by Crippen LogP contribution is -2.14. The second kappa shape index (κ2) is 6.77. The van der Waals surface area contributed by atoms with E-state index in [1.807, 2.05) is 13.8 Å². The van der Waals surface area contributed by atoms with Crippen molar-refractivity contribution in [1.29, 1.82) is 0 Å². The van der Waals surface area contributed by atoms with Gasteiger partial charge in [-0.3, -0.25) is 4.72 Å². The molecule has 0 atom stereocenters. The number of sulfonamides is 1. The third-order valence-electron chi connectivity index (χ3n) is 4.01. The van der Waals surface area contributed by atoms with E-state index >= 15 is 0 Å². The van der Waals surface area contributed by atoms with E-state index in [9.17, 15) is 8.42 Å². The number of aryl methyl sites for hydroxylation is 4. The lowest BCUT2D eigenvalue weighted by atomic mass is 10.2. The first-order chi connectivity index (χ1) is 12.2. The van der Waals surface area contributed by atoms with E-state index in [0.717, 1.165) is 5.56 Å². The Hall–Kier alpha value is -2.32. The molecule has 0 bridgehead atoms. The average Bonchev–Trinajstić information content (AvgIpc) is 3.14. The van der Waals surface area contributed by atoms with Crippen molar-refractivity contribution in [1.82, 2.24) is 15.1 Å². The molecule has 3 rings (SSSR count). The number of halogens is 1. The number of hydrogen-bond acceptors (Lipinski definition) is 5. The summed E-state index contributed by atoms with van der Waals surface area (Å²) in [5.74, 6) is 0.686. The first kappa shape index (κ1) is 18.5. The van der Waals surface area contributed by atoms with E-state index < -0.39 is 10.0 Å². The SMILES string of the molecule is CCc1noc(-c2c(C)[nH]c(C)c2S(=O)(=O)Nc2ccc(C)c(Cl)c2)n1. The number of rotatable bonds is 5. The summed E-state index contributed by atoms with van der Waals surface area (Å²) in [7, 11) is -3.90. The fraction of sp³-hybridized carbons (Fsp3) is 0.294. The van der Waals surface area contributed by atoms with Crippen LogP contribution in [0.3, 0.4) is 0 Å².